The van der Waals surface area contributed by atoms with Crippen LogP contribution in [0.15, 0.2) is 48.6 Å². The molecular formula is C26H30N2O6. The molecule has 0 aliphatic carbocycles. The number of benzene rings is 2. The highest BCUT2D eigenvalue weighted by molar-refractivity contribution is 5.93. The van der Waals surface area contributed by atoms with Gasteiger partial charge in [0.2, 0.25) is 11.8 Å². The summed E-state index contributed by atoms with van der Waals surface area (Å²) in [4.78, 5) is 28.7. The Balaban J connectivity index is 1.53. The fraction of sp³-hybridized carbons (Fsp3) is 0.308. The molecule has 0 atom stereocenters. The van der Waals surface area contributed by atoms with Crippen LogP contribution < -0.4 is 18.9 Å². The molecule has 1 fully saturated rings. The minimum absolute atomic E-state index is 0.0947. The summed E-state index contributed by atoms with van der Waals surface area (Å²) in [7, 11) is 6.29. The molecule has 2 amide bonds. The van der Waals surface area contributed by atoms with E-state index in [1.807, 2.05) is 24.3 Å². The maximum Gasteiger partial charge on any atom is 0.246 e. The lowest BCUT2D eigenvalue weighted by Crippen LogP contribution is -2.49. The van der Waals surface area contributed by atoms with Crippen molar-refractivity contribution < 1.29 is 28.5 Å². The van der Waals surface area contributed by atoms with Gasteiger partial charge in [-0.3, -0.25) is 9.59 Å². The number of carbonyl (C=O) groups excluding carboxylic acids is 2. The van der Waals surface area contributed by atoms with Gasteiger partial charge in [-0.2, -0.15) is 0 Å². The first-order valence-electron chi connectivity index (χ1n) is 10.9. The van der Waals surface area contributed by atoms with Gasteiger partial charge >= 0.3 is 0 Å². The summed E-state index contributed by atoms with van der Waals surface area (Å²) < 4.78 is 21.1. The highest BCUT2D eigenvalue weighted by Crippen LogP contribution is 2.29. The first-order valence-corrected chi connectivity index (χ1v) is 10.9. The Morgan fingerprint density at radius 3 is 1.29 bits per heavy atom. The third-order valence-corrected chi connectivity index (χ3v) is 5.55. The predicted molar refractivity (Wildman–Crippen MR) is 130 cm³/mol. The van der Waals surface area contributed by atoms with Gasteiger partial charge in [0.15, 0.2) is 23.0 Å². The van der Waals surface area contributed by atoms with Crippen molar-refractivity contribution in [3.63, 3.8) is 0 Å². The normalized spacial score (nSPS) is 13.9. The molecule has 2 aromatic rings. The van der Waals surface area contributed by atoms with Gasteiger partial charge in [-0.15, -0.1) is 0 Å². The Kier molecular flexibility index (Phi) is 8.56. The lowest BCUT2D eigenvalue weighted by atomic mass is 10.1. The van der Waals surface area contributed by atoms with Crippen molar-refractivity contribution in [3.05, 3.63) is 59.7 Å². The Labute approximate surface area is 200 Å². The summed E-state index contributed by atoms with van der Waals surface area (Å²) in [6.07, 6.45) is 6.56. The molecule has 0 N–H and O–H groups in total. The topological polar surface area (TPSA) is 77.5 Å². The molecule has 1 aliphatic rings. The molecule has 0 bridgehead atoms. The van der Waals surface area contributed by atoms with E-state index in [4.69, 9.17) is 18.9 Å². The van der Waals surface area contributed by atoms with E-state index in [2.05, 4.69) is 0 Å². The highest BCUT2D eigenvalue weighted by Gasteiger charge is 2.21. The fourth-order valence-electron chi connectivity index (χ4n) is 3.61. The number of amides is 2. The lowest BCUT2D eigenvalue weighted by Gasteiger charge is -2.33. The van der Waals surface area contributed by atoms with Crippen LogP contribution in [-0.4, -0.2) is 76.2 Å². The Bertz CT molecular complexity index is 985. The van der Waals surface area contributed by atoms with E-state index in [0.717, 1.165) is 11.1 Å². The largest absolute Gasteiger partial charge is 0.493 e. The average molecular weight is 467 g/mol. The van der Waals surface area contributed by atoms with E-state index in [9.17, 15) is 9.59 Å². The zero-order chi connectivity index (χ0) is 24.5. The second-order valence-corrected chi connectivity index (χ2v) is 7.55. The predicted octanol–water partition coefficient (Wildman–Crippen LogP) is 3.12. The molecule has 2 aromatic carbocycles. The number of nitrogens with zero attached hydrogens (tertiary/aromatic N) is 2. The lowest BCUT2D eigenvalue weighted by molar-refractivity contribution is -0.133. The zero-order valence-corrected chi connectivity index (χ0v) is 19.9. The van der Waals surface area contributed by atoms with E-state index < -0.39 is 0 Å². The van der Waals surface area contributed by atoms with E-state index in [1.165, 1.54) is 12.2 Å². The number of ether oxygens (including phenoxy) is 4. The second kappa shape index (κ2) is 11.8. The number of hydrogen-bond donors (Lipinski definition) is 0. The number of methoxy groups -OCH3 is 4. The third kappa shape index (κ3) is 6.10. The van der Waals surface area contributed by atoms with E-state index in [0.29, 0.717) is 49.2 Å². The van der Waals surface area contributed by atoms with Crippen molar-refractivity contribution >= 4 is 24.0 Å². The van der Waals surface area contributed by atoms with Crippen molar-refractivity contribution in [2.75, 3.05) is 54.6 Å². The molecular weight excluding hydrogens is 436 g/mol. The number of hydrogen-bond acceptors (Lipinski definition) is 6. The minimum atomic E-state index is -0.0947. The molecule has 34 heavy (non-hydrogen) atoms. The number of piperazine rings is 1. The van der Waals surface area contributed by atoms with Crippen molar-refractivity contribution in [2.24, 2.45) is 0 Å². The van der Waals surface area contributed by atoms with Crippen molar-refractivity contribution in [1.82, 2.24) is 9.80 Å². The molecule has 3 rings (SSSR count). The summed E-state index contributed by atoms with van der Waals surface area (Å²) in [5.74, 6) is 2.28. The van der Waals surface area contributed by atoms with Crippen molar-refractivity contribution in [3.8, 4) is 23.0 Å². The molecule has 1 saturated heterocycles. The van der Waals surface area contributed by atoms with E-state index >= 15 is 0 Å². The summed E-state index contributed by atoms with van der Waals surface area (Å²) in [5.41, 5.74) is 1.67. The molecule has 180 valence electrons. The molecule has 0 radical (unpaired) electrons. The molecule has 8 heteroatoms. The zero-order valence-electron chi connectivity index (χ0n) is 19.9. The van der Waals surface area contributed by atoms with Crippen LogP contribution in [0, 0.1) is 0 Å². The van der Waals surface area contributed by atoms with Crippen molar-refractivity contribution in [2.45, 2.75) is 0 Å². The summed E-state index contributed by atoms with van der Waals surface area (Å²) >= 11 is 0. The summed E-state index contributed by atoms with van der Waals surface area (Å²) in [5, 5.41) is 0. The van der Waals surface area contributed by atoms with Crippen LogP contribution in [0.2, 0.25) is 0 Å². The smallest absolute Gasteiger partial charge is 0.246 e. The van der Waals surface area contributed by atoms with Gasteiger partial charge in [-0.1, -0.05) is 12.1 Å². The van der Waals surface area contributed by atoms with Crippen LogP contribution in [-0.2, 0) is 9.59 Å². The Morgan fingerprint density at radius 2 is 0.971 bits per heavy atom. The van der Waals surface area contributed by atoms with Gasteiger partial charge < -0.3 is 28.7 Å². The van der Waals surface area contributed by atoms with E-state index in [-0.39, 0.29) is 11.8 Å². The van der Waals surface area contributed by atoms with Gasteiger partial charge in [0.25, 0.3) is 0 Å². The van der Waals surface area contributed by atoms with Gasteiger partial charge in [-0.25, -0.2) is 0 Å². The monoisotopic (exact) mass is 466 g/mol. The van der Waals surface area contributed by atoms with Gasteiger partial charge in [0, 0.05) is 38.3 Å². The van der Waals surface area contributed by atoms with Gasteiger partial charge in [-0.05, 0) is 47.5 Å². The van der Waals surface area contributed by atoms with Crippen LogP contribution >= 0.6 is 0 Å². The first-order chi connectivity index (χ1) is 16.5. The molecule has 0 aromatic heterocycles. The van der Waals surface area contributed by atoms with E-state index in [1.54, 1.807) is 62.5 Å². The van der Waals surface area contributed by atoms with Crippen LogP contribution in [0.5, 0.6) is 23.0 Å². The second-order valence-electron chi connectivity index (χ2n) is 7.55. The van der Waals surface area contributed by atoms with Crippen molar-refractivity contribution in [1.29, 1.82) is 0 Å². The summed E-state index contributed by atoms with van der Waals surface area (Å²) in [6.45, 7) is 1.91. The molecule has 1 heterocycles. The minimum Gasteiger partial charge on any atom is -0.493 e. The quantitative estimate of drug-likeness (QED) is 0.557. The standard InChI is InChI=1S/C26H30N2O6/c1-31-21-9-5-19(17-23(21)33-3)7-11-25(29)27-13-15-28(16-14-27)26(30)12-8-20-6-10-22(32-2)24(18-20)34-4/h5-12,17-18H,13-16H2,1-4H3/b11-7+,12-8+. The molecule has 0 saturated carbocycles. The first kappa shape index (κ1) is 24.7. The van der Waals surface area contributed by atoms with Gasteiger partial charge in [0.1, 0.15) is 0 Å². The molecule has 0 spiro atoms. The fourth-order valence-corrected chi connectivity index (χ4v) is 3.61. The molecule has 0 unspecified atom stereocenters. The van der Waals surface area contributed by atoms with Crippen LogP contribution in [0.25, 0.3) is 12.2 Å². The highest BCUT2D eigenvalue weighted by atomic mass is 16.5. The van der Waals surface area contributed by atoms with Gasteiger partial charge in [0.05, 0.1) is 28.4 Å². The molecule has 1 aliphatic heterocycles. The molecule has 8 nitrogen and oxygen atoms in total. The Morgan fingerprint density at radius 1 is 0.618 bits per heavy atom. The average Bonchev–Trinajstić information content (AvgIpc) is 2.89. The summed E-state index contributed by atoms with van der Waals surface area (Å²) in [6, 6.07) is 10.9. The van der Waals surface area contributed by atoms with Crippen LogP contribution in [0.3, 0.4) is 0 Å². The number of carbonyl (C=O) groups is 2. The van der Waals surface area contributed by atoms with Crippen LogP contribution in [0.4, 0.5) is 0 Å². The van der Waals surface area contributed by atoms with Crippen LogP contribution in [0.1, 0.15) is 11.1 Å². The number of rotatable bonds is 8. The SMILES string of the molecule is COc1ccc(/C=C/C(=O)N2CCN(C(=O)/C=C/c3ccc(OC)c(OC)c3)CC2)cc1OC. The maximum absolute atomic E-state index is 12.6. The third-order valence-electron chi connectivity index (χ3n) is 5.55. The maximum atomic E-state index is 12.6. The Hall–Kier alpha value is -3.94.